The van der Waals surface area contributed by atoms with Gasteiger partial charge in [0, 0.05) is 24.7 Å². The van der Waals surface area contributed by atoms with Crippen molar-refractivity contribution >= 4 is 0 Å². The van der Waals surface area contributed by atoms with Crippen LogP contribution in [0.4, 0.5) is 8.78 Å². The van der Waals surface area contributed by atoms with Crippen molar-refractivity contribution in [1.29, 1.82) is 0 Å². The molecule has 1 heterocycles. The van der Waals surface area contributed by atoms with Crippen molar-refractivity contribution < 1.29 is 18.6 Å². The zero-order chi connectivity index (χ0) is 22.1. The first-order valence-corrected chi connectivity index (χ1v) is 10.4. The molecule has 0 fully saturated rings. The lowest BCUT2D eigenvalue weighted by molar-refractivity contribution is -0.0224. The first-order valence-electron chi connectivity index (χ1n) is 10.4. The number of benzene rings is 2. The third-order valence-electron chi connectivity index (χ3n) is 4.98. The lowest BCUT2D eigenvalue weighted by Gasteiger charge is -2.35. The van der Waals surface area contributed by atoms with Gasteiger partial charge < -0.3 is 9.84 Å². The van der Waals surface area contributed by atoms with E-state index in [4.69, 9.17) is 4.74 Å². The van der Waals surface area contributed by atoms with Crippen LogP contribution >= 0.6 is 0 Å². The number of ether oxygens (including phenoxy) is 1. The molecule has 3 rings (SSSR count). The Morgan fingerprint density at radius 2 is 1.94 bits per heavy atom. The summed E-state index contributed by atoms with van der Waals surface area (Å²) in [6.45, 7) is 4.10. The van der Waals surface area contributed by atoms with Crippen LogP contribution in [-0.4, -0.2) is 51.0 Å². The summed E-state index contributed by atoms with van der Waals surface area (Å²) in [5, 5.41) is 15.6. The Kier molecular flexibility index (Phi) is 8.08. The third-order valence-corrected chi connectivity index (χ3v) is 4.98. The maximum absolute atomic E-state index is 14.6. The quantitative estimate of drug-likeness (QED) is 0.445. The smallest absolute Gasteiger partial charge is 0.137 e. The van der Waals surface area contributed by atoms with E-state index < -0.39 is 17.2 Å². The van der Waals surface area contributed by atoms with Crippen LogP contribution in [0.1, 0.15) is 25.3 Å². The number of rotatable bonds is 12. The van der Waals surface area contributed by atoms with E-state index in [1.54, 1.807) is 0 Å². The molecular weight excluding hydrogens is 402 g/mol. The molecule has 0 bridgehead atoms. The van der Waals surface area contributed by atoms with E-state index in [9.17, 15) is 13.9 Å². The minimum absolute atomic E-state index is 0.00369. The van der Waals surface area contributed by atoms with E-state index >= 15 is 0 Å². The Hall–Kier alpha value is -2.84. The van der Waals surface area contributed by atoms with E-state index in [1.165, 1.54) is 23.4 Å². The zero-order valence-corrected chi connectivity index (χ0v) is 17.6. The molecule has 1 unspecified atom stereocenters. The van der Waals surface area contributed by atoms with Crippen LogP contribution in [-0.2, 0) is 12.1 Å². The van der Waals surface area contributed by atoms with Gasteiger partial charge in [-0.05, 0) is 37.6 Å². The minimum atomic E-state index is -1.61. The Bertz CT molecular complexity index is 925. The number of aliphatic hydroxyl groups is 1. The normalized spacial score (nSPS) is 13.3. The molecule has 1 aromatic heterocycles. The van der Waals surface area contributed by atoms with E-state index in [0.29, 0.717) is 19.7 Å². The first kappa shape index (κ1) is 22.8. The highest BCUT2D eigenvalue weighted by Gasteiger charge is 2.35. The minimum Gasteiger partial charge on any atom is -0.494 e. The number of hydrogen-bond donors (Lipinski definition) is 1. The number of para-hydroxylation sites is 1. The fourth-order valence-electron chi connectivity index (χ4n) is 3.62. The van der Waals surface area contributed by atoms with Gasteiger partial charge in [0.1, 0.15) is 35.6 Å². The van der Waals surface area contributed by atoms with Crippen LogP contribution in [0.3, 0.4) is 0 Å². The average molecular weight is 430 g/mol. The molecule has 3 aromatic rings. The van der Waals surface area contributed by atoms with Gasteiger partial charge >= 0.3 is 0 Å². The number of aromatic nitrogens is 3. The van der Waals surface area contributed by atoms with E-state index in [1.807, 2.05) is 37.3 Å². The predicted octanol–water partition coefficient (Wildman–Crippen LogP) is 3.63. The molecule has 0 aliphatic carbocycles. The predicted molar refractivity (Wildman–Crippen MR) is 114 cm³/mol. The highest BCUT2D eigenvalue weighted by atomic mass is 19.1. The summed E-state index contributed by atoms with van der Waals surface area (Å²) < 4.78 is 35.3. The second kappa shape index (κ2) is 11.0. The van der Waals surface area contributed by atoms with Crippen molar-refractivity contribution in [2.24, 2.45) is 0 Å². The van der Waals surface area contributed by atoms with E-state index in [2.05, 4.69) is 15.0 Å². The van der Waals surface area contributed by atoms with Crippen LogP contribution < -0.4 is 4.74 Å². The molecule has 31 heavy (non-hydrogen) atoms. The molecule has 0 aliphatic heterocycles. The number of nitrogens with zero attached hydrogens (tertiary/aromatic N) is 4. The number of halogens is 2. The Morgan fingerprint density at radius 1 is 1.13 bits per heavy atom. The molecule has 0 aliphatic rings. The van der Waals surface area contributed by atoms with Gasteiger partial charge in [-0.1, -0.05) is 31.2 Å². The van der Waals surface area contributed by atoms with Crippen molar-refractivity contribution in [3.05, 3.63) is 78.4 Å². The van der Waals surface area contributed by atoms with Gasteiger partial charge in [-0.2, -0.15) is 5.10 Å². The van der Waals surface area contributed by atoms with Crippen molar-refractivity contribution in [3.63, 3.8) is 0 Å². The van der Waals surface area contributed by atoms with Crippen LogP contribution in [0.5, 0.6) is 5.75 Å². The fraction of sp³-hybridized carbons (Fsp3) is 0.391. The largest absolute Gasteiger partial charge is 0.494 e. The monoisotopic (exact) mass is 430 g/mol. The van der Waals surface area contributed by atoms with Crippen LogP contribution in [0.2, 0.25) is 0 Å². The third kappa shape index (κ3) is 6.57. The van der Waals surface area contributed by atoms with Crippen molar-refractivity contribution in [2.45, 2.75) is 31.9 Å². The molecule has 6 nitrogen and oxygen atoms in total. The van der Waals surface area contributed by atoms with Gasteiger partial charge in [0.05, 0.1) is 13.2 Å². The highest BCUT2D eigenvalue weighted by Crippen LogP contribution is 2.28. The van der Waals surface area contributed by atoms with Crippen molar-refractivity contribution in [3.8, 4) is 5.75 Å². The summed E-state index contributed by atoms with van der Waals surface area (Å²) in [6, 6.07) is 12.8. The topological polar surface area (TPSA) is 63.4 Å². The molecule has 0 radical (unpaired) electrons. The highest BCUT2D eigenvalue weighted by molar-refractivity contribution is 5.26. The Labute approximate surface area is 181 Å². The lowest BCUT2D eigenvalue weighted by atomic mass is 9.92. The average Bonchev–Trinajstić information content (AvgIpc) is 3.24. The van der Waals surface area contributed by atoms with Gasteiger partial charge in [-0.15, -0.1) is 0 Å². The van der Waals surface area contributed by atoms with Crippen molar-refractivity contribution in [2.75, 3.05) is 26.2 Å². The molecule has 1 atom stereocenters. The second-order valence-corrected chi connectivity index (χ2v) is 7.54. The van der Waals surface area contributed by atoms with Gasteiger partial charge in [-0.25, -0.2) is 18.4 Å². The zero-order valence-electron chi connectivity index (χ0n) is 17.6. The molecule has 0 saturated heterocycles. The van der Waals surface area contributed by atoms with Crippen LogP contribution in [0.15, 0.2) is 61.2 Å². The van der Waals surface area contributed by atoms with E-state index in [-0.39, 0.29) is 18.7 Å². The molecule has 0 saturated carbocycles. The van der Waals surface area contributed by atoms with Crippen LogP contribution in [0, 0.1) is 11.6 Å². The van der Waals surface area contributed by atoms with Gasteiger partial charge in [0.15, 0.2) is 0 Å². The maximum atomic E-state index is 14.6. The Morgan fingerprint density at radius 3 is 2.61 bits per heavy atom. The SMILES string of the molecule is CCCN(CCCOc1ccccc1)CC(O)(Cn1cncn1)c1ccc(F)cc1F. The standard InChI is InChI=1S/C23H28F2N4O2/c1-2-11-28(12-6-13-31-20-7-4-3-5-8-20)15-23(30,16-29-18-26-17-27-29)21-10-9-19(24)14-22(21)25/h3-5,7-10,14,17-18,30H,2,6,11-13,15-16H2,1H3. The van der Waals surface area contributed by atoms with Crippen LogP contribution in [0.25, 0.3) is 0 Å². The number of hydrogen-bond acceptors (Lipinski definition) is 5. The summed E-state index contributed by atoms with van der Waals surface area (Å²) in [7, 11) is 0. The first-order chi connectivity index (χ1) is 15.0. The second-order valence-electron chi connectivity index (χ2n) is 7.54. The maximum Gasteiger partial charge on any atom is 0.137 e. The summed E-state index contributed by atoms with van der Waals surface area (Å²) in [5.74, 6) is -0.667. The molecule has 8 heteroatoms. The summed E-state index contributed by atoms with van der Waals surface area (Å²) >= 11 is 0. The summed E-state index contributed by atoms with van der Waals surface area (Å²) in [5.41, 5.74) is -1.58. The lowest BCUT2D eigenvalue weighted by Crippen LogP contribution is -2.45. The molecule has 1 N–H and O–H groups in total. The van der Waals surface area contributed by atoms with Gasteiger partial charge in [-0.3, -0.25) is 4.90 Å². The van der Waals surface area contributed by atoms with Gasteiger partial charge in [0.2, 0.25) is 0 Å². The molecule has 166 valence electrons. The molecule has 0 amide bonds. The summed E-state index contributed by atoms with van der Waals surface area (Å²) in [6.07, 6.45) is 4.42. The summed E-state index contributed by atoms with van der Waals surface area (Å²) in [4.78, 5) is 5.96. The molecule has 2 aromatic carbocycles. The molecule has 0 spiro atoms. The Balaban J connectivity index is 1.71. The fourth-order valence-corrected chi connectivity index (χ4v) is 3.62. The molecular formula is C23H28F2N4O2. The van der Waals surface area contributed by atoms with Gasteiger partial charge in [0.25, 0.3) is 0 Å². The van der Waals surface area contributed by atoms with E-state index in [0.717, 1.165) is 30.7 Å². The van der Waals surface area contributed by atoms with Crippen molar-refractivity contribution in [1.82, 2.24) is 19.7 Å².